The fourth-order valence-corrected chi connectivity index (χ4v) is 8.34. The van der Waals surface area contributed by atoms with Crippen molar-refractivity contribution in [1.82, 2.24) is 24.8 Å². The number of fused-ring (bicyclic) bond motifs is 3. The Morgan fingerprint density at radius 1 is 1.14 bits per heavy atom. The Kier molecular flexibility index (Phi) is 8.81. The molecule has 266 valence electrons. The minimum Gasteiger partial charge on any atom is -0.461 e. The van der Waals surface area contributed by atoms with Crippen LogP contribution in [-0.4, -0.2) is 93.5 Å². The second-order valence-corrected chi connectivity index (χ2v) is 15.0. The molecule has 3 fully saturated rings. The molecule has 1 amide bonds. The Bertz CT molecular complexity index is 1950. The summed E-state index contributed by atoms with van der Waals surface area (Å²) in [5.41, 5.74) is -0.0856. The molecule has 0 saturated carbocycles. The van der Waals surface area contributed by atoms with Gasteiger partial charge in [0.05, 0.1) is 23.0 Å². The summed E-state index contributed by atoms with van der Waals surface area (Å²) < 4.78 is 58.5. The van der Waals surface area contributed by atoms with E-state index in [-0.39, 0.29) is 41.7 Å². The number of amides is 1. The number of ether oxygens (including phenoxy) is 2. The summed E-state index contributed by atoms with van der Waals surface area (Å²) >= 11 is 0. The van der Waals surface area contributed by atoms with Crippen molar-refractivity contribution in [3.8, 4) is 17.3 Å². The third-order valence-corrected chi connectivity index (χ3v) is 10.8. The van der Waals surface area contributed by atoms with Gasteiger partial charge in [0.25, 0.3) is 0 Å². The van der Waals surface area contributed by atoms with E-state index in [1.54, 1.807) is 29.3 Å². The highest BCUT2D eigenvalue weighted by molar-refractivity contribution is 6.01. The monoisotopic (exact) mass is 690 g/mol. The number of halogens is 3. The number of likely N-dealkylation sites (N-methyl/N-ethyl adjacent to an activating group) is 1. The number of carbonyl (C=O) groups is 1. The maximum atomic E-state index is 17.0. The van der Waals surface area contributed by atoms with Gasteiger partial charge in [-0.05, 0) is 82.3 Å². The first-order valence-corrected chi connectivity index (χ1v) is 17.6. The highest BCUT2D eigenvalue weighted by atomic mass is 19.1. The van der Waals surface area contributed by atoms with Gasteiger partial charge in [-0.2, -0.15) is 9.97 Å². The summed E-state index contributed by atoms with van der Waals surface area (Å²) in [6, 6.07) is 8.09. The van der Waals surface area contributed by atoms with Crippen molar-refractivity contribution in [3.05, 3.63) is 53.7 Å². The molecule has 5 heterocycles. The molecule has 50 heavy (non-hydrogen) atoms. The Hall–Kier alpha value is -4.19. The van der Waals surface area contributed by atoms with Gasteiger partial charge < -0.3 is 19.3 Å². The predicted molar refractivity (Wildman–Crippen MR) is 187 cm³/mol. The van der Waals surface area contributed by atoms with E-state index in [9.17, 15) is 9.18 Å². The lowest BCUT2D eigenvalue weighted by Crippen LogP contribution is -2.45. The number of nitrogens with zero attached hydrogens (tertiary/aromatic N) is 6. The van der Waals surface area contributed by atoms with Crippen LogP contribution in [0.15, 0.2) is 36.5 Å². The van der Waals surface area contributed by atoms with Gasteiger partial charge in [0.15, 0.2) is 5.82 Å². The fourth-order valence-electron chi connectivity index (χ4n) is 8.34. The van der Waals surface area contributed by atoms with E-state index in [1.807, 2.05) is 52.6 Å². The van der Waals surface area contributed by atoms with E-state index in [0.717, 1.165) is 24.8 Å². The van der Waals surface area contributed by atoms with Gasteiger partial charge in [-0.15, -0.1) is 0 Å². The van der Waals surface area contributed by atoms with Crippen molar-refractivity contribution in [2.24, 2.45) is 0 Å². The molecule has 2 aromatic heterocycles. The molecular formula is C38H45F3N6O3. The standard InChI is InChI=1S/C38H45F3N6O3/c1-7-25-28(40)13-12-23-10-8-11-26(30(23)25)32-31(41)33-27(19-42-32)34(45(6)29-14-17-47(22(29)2)36(48)50-37(3,4)5)44-35(43-33)49-21-38-15-9-16-46(38)20-24(39)18-38/h8,10-13,19,22,24,29H,7,9,14-18,20-21H2,1-6H3/t22-,24-,29-,38+/m1/s1. The van der Waals surface area contributed by atoms with Gasteiger partial charge in [0.2, 0.25) is 0 Å². The second kappa shape index (κ2) is 12.9. The highest BCUT2D eigenvalue weighted by Crippen LogP contribution is 2.42. The number of likely N-dealkylation sites (tertiary alicyclic amines) is 1. The molecule has 9 nitrogen and oxygen atoms in total. The largest absolute Gasteiger partial charge is 0.461 e. The van der Waals surface area contributed by atoms with Crippen molar-refractivity contribution in [2.45, 2.75) is 96.1 Å². The molecule has 0 aliphatic carbocycles. The van der Waals surface area contributed by atoms with Gasteiger partial charge in [0.1, 0.15) is 41.2 Å². The van der Waals surface area contributed by atoms with Crippen LogP contribution < -0.4 is 9.64 Å². The van der Waals surface area contributed by atoms with Crippen LogP contribution in [0, 0.1) is 11.6 Å². The topological polar surface area (TPSA) is 83.9 Å². The lowest BCUT2D eigenvalue weighted by atomic mass is 9.95. The minimum atomic E-state index is -0.931. The van der Waals surface area contributed by atoms with E-state index in [2.05, 4.69) is 14.9 Å². The SMILES string of the molecule is CCc1c(F)ccc2cccc(-c3ncc4c(N(C)[C@@H]5CCN(C(=O)OC(C)(C)C)[C@@H]5C)nc(OC[C@@]56CCCN5C[C@H](F)C6)nc4c3F)c12. The number of carbonyl (C=O) groups excluding carboxylic acids is 1. The van der Waals surface area contributed by atoms with Crippen molar-refractivity contribution >= 4 is 33.6 Å². The zero-order chi connectivity index (χ0) is 35.5. The normalized spacial score (nSPS) is 23.9. The number of alkyl halides is 1. The average molecular weight is 691 g/mol. The van der Waals surface area contributed by atoms with Crippen molar-refractivity contribution < 1.29 is 27.4 Å². The zero-order valence-electron chi connectivity index (χ0n) is 29.6. The van der Waals surface area contributed by atoms with E-state index in [4.69, 9.17) is 14.5 Å². The van der Waals surface area contributed by atoms with Gasteiger partial charge in [-0.1, -0.05) is 31.2 Å². The summed E-state index contributed by atoms with van der Waals surface area (Å²) in [5.74, 6) is -0.632. The van der Waals surface area contributed by atoms with Crippen molar-refractivity contribution in [1.29, 1.82) is 0 Å². The molecule has 0 radical (unpaired) electrons. The molecule has 0 spiro atoms. The number of hydrogen-bond donors (Lipinski definition) is 0. The van der Waals surface area contributed by atoms with Crippen molar-refractivity contribution in [2.75, 3.05) is 38.2 Å². The van der Waals surface area contributed by atoms with Gasteiger partial charge in [-0.3, -0.25) is 9.88 Å². The number of anilines is 1. The van der Waals surface area contributed by atoms with Gasteiger partial charge >= 0.3 is 12.1 Å². The molecule has 2 aromatic carbocycles. The maximum Gasteiger partial charge on any atom is 0.410 e. The summed E-state index contributed by atoms with van der Waals surface area (Å²) in [6.07, 6.45) is 3.40. The minimum absolute atomic E-state index is 0.0125. The smallest absolute Gasteiger partial charge is 0.410 e. The van der Waals surface area contributed by atoms with Crippen LogP contribution in [0.3, 0.4) is 0 Å². The Morgan fingerprint density at radius 2 is 1.94 bits per heavy atom. The van der Waals surface area contributed by atoms with E-state index in [1.165, 1.54) is 6.07 Å². The van der Waals surface area contributed by atoms with Crippen LogP contribution in [-0.2, 0) is 11.2 Å². The van der Waals surface area contributed by atoms with Crippen LogP contribution in [0.2, 0.25) is 0 Å². The molecule has 12 heteroatoms. The molecule has 4 aromatic rings. The molecular weight excluding hydrogens is 645 g/mol. The first-order valence-electron chi connectivity index (χ1n) is 17.6. The summed E-state index contributed by atoms with van der Waals surface area (Å²) in [6.45, 7) is 11.2. The summed E-state index contributed by atoms with van der Waals surface area (Å²) in [5, 5.41) is 1.76. The maximum absolute atomic E-state index is 17.0. The highest BCUT2D eigenvalue weighted by Gasteiger charge is 2.49. The predicted octanol–water partition coefficient (Wildman–Crippen LogP) is 7.47. The fraction of sp³-hybridized carbons (Fsp3) is 0.526. The lowest BCUT2D eigenvalue weighted by molar-refractivity contribution is 0.0233. The van der Waals surface area contributed by atoms with Crippen LogP contribution in [0.5, 0.6) is 6.01 Å². The lowest BCUT2D eigenvalue weighted by Gasteiger charge is -2.33. The van der Waals surface area contributed by atoms with Crippen LogP contribution in [0.1, 0.15) is 65.9 Å². The molecule has 4 atom stereocenters. The van der Waals surface area contributed by atoms with Crippen LogP contribution in [0.4, 0.5) is 23.8 Å². The molecule has 0 N–H and O–H groups in total. The van der Waals surface area contributed by atoms with Crippen molar-refractivity contribution in [3.63, 3.8) is 0 Å². The van der Waals surface area contributed by atoms with Crippen LogP contribution >= 0.6 is 0 Å². The molecule has 7 rings (SSSR count). The number of aromatic nitrogens is 3. The molecule has 3 saturated heterocycles. The summed E-state index contributed by atoms with van der Waals surface area (Å²) in [4.78, 5) is 32.9. The molecule has 0 unspecified atom stereocenters. The molecule has 3 aliphatic heterocycles. The quantitative estimate of drug-likeness (QED) is 0.198. The molecule has 3 aliphatic rings. The van der Waals surface area contributed by atoms with Gasteiger partial charge in [0, 0.05) is 38.3 Å². The average Bonchev–Trinajstić information content (AvgIpc) is 3.74. The zero-order valence-corrected chi connectivity index (χ0v) is 29.6. The van der Waals surface area contributed by atoms with Gasteiger partial charge in [-0.25, -0.2) is 18.0 Å². The third kappa shape index (κ3) is 5.99. The first-order chi connectivity index (χ1) is 23.8. The Balaban J connectivity index is 1.32. The molecule has 0 bridgehead atoms. The second-order valence-electron chi connectivity index (χ2n) is 15.0. The Morgan fingerprint density at radius 3 is 2.70 bits per heavy atom. The van der Waals surface area contributed by atoms with Crippen LogP contribution in [0.25, 0.3) is 32.9 Å². The first kappa shape index (κ1) is 34.3. The number of hydrogen-bond acceptors (Lipinski definition) is 8. The number of pyridine rings is 1. The number of benzene rings is 2. The number of rotatable bonds is 7. The van der Waals surface area contributed by atoms with E-state index < -0.39 is 29.2 Å². The summed E-state index contributed by atoms with van der Waals surface area (Å²) in [7, 11) is 1.86. The number of aryl methyl sites for hydroxylation is 1. The van der Waals surface area contributed by atoms with E-state index >= 15 is 8.78 Å². The Labute approximate surface area is 290 Å². The third-order valence-electron chi connectivity index (χ3n) is 10.8. The van der Waals surface area contributed by atoms with E-state index in [0.29, 0.717) is 60.1 Å².